The van der Waals surface area contributed by atoms with Gasteiger partial charge in [0, 0.05) is 17.1 Å². The van der Waals surface area contributed by atoms with Crippen molar-refractivity contribution in [2.45, 2.75) is 55.8 Å². The number of aliphatic hydroxyl groups is 1. The molecule has 2 bridgehead atoms. The van der Waals surface area contributed by atoms with E-state index in [1.807, 2.05) is 32.0 Å². The predicted molar refractivity (Wildman–Crippen MR) is 125 cm³/mol. The molecular weight excluding hydrogens is 492 g/mol. The number of hydrogen-bond acceptors (Lipinski definition) is 5. The van der Waals surface area contributed by atoms with Crippen LogP contribution in [-0.2, 0) is 19.1 Å². The Balaban J connectivity index is 1.86. The summed E-state index contributed by atoms with van der Waals surface area (Å²) in [7, 11) is 0. The summed E-state index contributed by atoms with van der Waals surface area (Å²) in [6.45, 7) is 9.14. The van der Waals surface area contributed by atoms with Crippen LogP contribution in [0.4, 0.5) is 5.69 Å². The first-order chi connectivity index (χ1) is 15.6. The van der Waals surface area contributed by atoms with Crippen molar-refractivity contribution >= 4 is 39.4 Å². The number of alkyl halides is 1. The van der Waals surface area contributed by atoms with Gasteiger partial charge in [0.2, 0.25) is 5.91 Å². The van der Waals surface area contributed by atoms with Gasteiger partial charge in [-0.15, -0.1) is 6.58 Å². The molecule has 0 radical (unpaired) electrons. The lowest BCUT2D eigenvalue weighted by atomic mass is 9.70. The first kappa shape index (κ1) is 23.9. The molecule has 2 amide bonds. The van der Waals surface area contributed by atoms with Gasteiger partial charge in [-0.25, -0.2) is 0 Å². The van der Waals surface area contributed by atoms with Crippen molar-refractivity contribution < 1.29 is 29.3 Å². The molecule has 0 saturated carbocycles. The number of carbonyl (C=O) groups excluding carboxylic acids is 2. The van der Waals surface area contributed by atoms with E-state index in [1.165, 1.54) is 4.90 Å². The molecule has 0 aliphatic carbocycles. The van der Waals surface area contributed by atoms with Crippen molar-refractivity contribution in [3.05, 3.63) is 42.0 Å². The van der Waals surface area contributed by atoms with Gasteiger partial charge in [-0.3, -0.25) is 14.4 Å². The van der Waals surface area contributed by atoms with Crippen LogP contribution in [0.3, 0.4) is 0 Å². The highest BCUT2D eigenvalue weighted by Crippen LogP contribution is 2.60. The molecule has 1 aromatic carbocycles. The topological polar surface area (TPSA) is 107 Å². The number of ether oxygens (including phenoxy) is 1. The van der Waals surface area contributed by atoms with Crippen molar-refractivity contribution in [1.82, 2.24) is 4.90 Å². The first-order valence-electron chi connectivity index (χ1n) is 11.1. The number of aryl methyl sites for hydroxylation is 2. The lowest BCUT2D eigenvalue weighted by Gasteiger charge is -2.39. The third kappa shape index (κ3) is 3.43. The summed E-state index contributed by atoms with van der Waals surface area (Å²) in [4.78, 5) is 42.6. The Morgan fingerprint density at radius 1 is 1.42 bits per heavy atom. The highest BCUT2D eigenvalue weighted by Gasteiger charge is 2.77. The van der Waals surface area contributed by atoms with Crippen LogP contribution in [0.1, 0.15) is 24.5 Å². The van der Waals surface area contributed by atoms with Crippen LogP contribution in [0.15, 0.2) is 30.9 Å². The number of halogens is 1. The van der Waals surface area contributed by atoms with Crippen molar-refractivity contribution in [2.24, 2.45) is 11.8 Å². The van der Waals surface area contributed by atoms with Gasteiger partial charge >= 0.3 is 5.97 Å². The van der Waals surface area contributed by atoms with Gasteiger partial charge in [0.05, 0.1) is 30.6 Å². The number of benzene rings is 1. The van der Waals surface area contributed by atoms with Crippen molar-refractivity contribution in [2.75, 3.05) is 18.1 Å². The normalized spacial score (nSPS) is 33.2. The number of amides is 2. The molecule has 3 heterocycles. The summed E-state index contributed by atoms with van der Waals surface area (Å²) in [6, 6.07) is 4.05. The molecule has 33 heavy (non-hydrogen) atoms. The van der Waals surface area contributed by atoms with E-state index in [2.05, 4.69) is 22.5 Å². The highest BCUT2D eigenvalue weighted by atomic mass is 79.9. The average Bonchev–Trinajstić information content (AvgIpc) is 3.36. The number of aliphatic carboxylic acids is 1. The fourth-order valence-corrected chi connectivity index (χ4v) is 6.73. The number of hydrogen-bond donors (Lipinski definition) is 2. The van der Waals surface area contributed by atoms with E-state index in [9.17, 15) is 24.6 Å². The summed E-state index contributed by atoms with van der Waals surface area (Å²) >= 11 is 3.53. The Bertz CT molecular complexity index is 1010. The molecule has 1 spiro atoms. The Labute approximate surface area is 201 Å². The van der Waals surface area contributed by atoms with Gasteiger partial charge in [-0.1, -0.05) is 34.1 Å². The number of aliphatic hydroxyl groups excluding tert-OH is 1. The molecule has 3 saturated heterocycles. The molecule has 8 nitrogen and oxygen atoms in total. The fraction of sp³-hybridized carbons (Fsp3) is 0.542. The zero-order valence-corrected chi connectivity index (χ0v) is 20.5. The molecule has 3 aliphatic heterocycles. The minimum atomic E-state index is -1.28. The van der Waals surface area contributed by atoms with Gasteiger partial charge in [0.1, 0.15) is 11.6 Å². The largest absolute Gasteiger partial charge is 0.481 e. The van der Waals surface area contributed by atoms with Crippen LogP contribution in [-0.4, -0.2) is 74.7 Å². The van der Waals surface area contributed by atoms with E-state index in [0.29, 0.717) is 12.1 Å². The van der Waals surface area contributed by atoms with Crippen molar-refractivity contribution in [1.29, 1.82) is 0 Å². The van der Waals surface area contributed by atoms with Crippen LogP contribution in [0, 0.1) is 25.7 Å². The molecular formula is C24H29BrN2O6. The van der Waals surface area contributed by atoms with E-state index in [0.717, 1.165) is 11.1 Å². The molecule has 3 unspecified atom stereocenters. The van der Waals surface area contributed by atoms with E-state index in [-0.39, 0.29) is 23.9 Å². The van der Waals surface area contributed by atoms with Crippen LogP contribution in [0.5, 0.6) is 0 Å². The smallest absolute Gasteiger partial charge is 0.310 e. The van der Waals surface area contributed by atoms with Crippen LogP contribution in [0.2, 0.25) is 0 Å². The van der Waals surface area contributed by atoms with Crippen LogP contribution in [0.25, 0.3) is 0 Å². The first-order valence-corrected chi connectivity index (χ1v) is 12.0. The van der Waals surface area contributed by atoms with E-state index in [1.54, 1.807) is 17.9 Å². The average molecular weight is 521 g/mol. The number of anilines is 1. The lowest BCUT2D eigenvalue weighted by molar-refractivity contribution is -0.150. The van der Waals surface area contributed by atoms with Gasteiger partial charge in [-0.2, -0.15) is 0 Å². The van der Waals surface area contributed by atoms with Gasteiger partial charge in [0.25, 0.3) is 5.91 Å². The SMILES string of the molecule is C=CCN(C(=O)C1N([C@H](C)CO)C(=O)[C@@H]2[C@@H](C(=O)O)[C@@H]3OC12CC3Br)c1cc(C)ccc1C. The molecule has 4 rings (SSSR count). The summed E-state index contributed by atoms with van der Waals surface area (Å²) in [5.41, 5.74) is 1.27. The molecule has 2 N–H and O–H groups in total. The maximum Gasteiger partial charge on any atom is 0.310 e. The molecule has 3 fully saturated rings. The minimum Gasteiger partial charge on any atom is -0.481 e. The number of likely N-dealkylation sites (tertiary alicyclic amines) is 1. The predicted octanol–water partition coefficient (Wildman–Crippen LogP) is 2.04. The summed E-state index contributed by atoms with van der Waals surface area (Å²) in [6.07, 6.45) is 1.25. The van der Waals surface area contributed by atoms with Gasteiger partial charge in [0.15, 0.2) is 0 Å². The molecule has 178 valence electrons. The number of fused-ring (bicyclic) bond motifs is 1. The number of carboxylic acids is 1. The van der Waals surface area contributed by atoms with Gasteiger partial charge in [-0.05, 0) is 44.4 Å². The van der Waals surface area contributed by atoms with Crippen molar-refractivity contribution in [3.63, 3.8) is 0 Å². The zero-order chi connectivity index (χ0) is 24.2. The molecule has 7 atom stereocenters. The number of rotatable bonds is 7. The van der Waals surface area contributed by atoms with E-state index >= 15 is 0 Å². The van der Waals surface area contributed by atoms with Crippen molar-refractivity contribution in [3.8, 4) is 0 Å². The second-order valence-electron chi connectivity index (χ2n) is 9.31. The maximum atomic E-state index is 14.2. The highest BCUT2D eigenvalue weighted by molar-refractivity contribution is 9.09. The maximum absolute atomic E-state index is 14.2. The van der Waals surface area contributed by atoms with E-state index < -0.39 is 47.5 Å². The third-order valence-corrected chi connectivity index (χ3v) is 8.06. The number of carboxylic acid groups (broad SMARTS) is 1. The standard InChI is InChI=1S/C24H29BrN2O6/c1-5-8-26(16-9-12(2)6-7-13(16)3)22(30)20-24-10-15(25)19(33-24)17(23(31)32)18(24)21(29)27(20)14(4)11-28/h5-7,9,14-15,17-20,28H,1,8,10-11H2,2-4H3,(H,31,32)/t14-,15?,17-,18+,19-,20?,24?/m1/s1. The quantitative estimate of drug-likeness (QED) is 0.420. The zero-order valence-electron chi connectivity index (χ0n) is 18.9. The minimum absolute atomic E-state index is 0.208. The number of nitrogens with zero attached hydrogens (tertiary/aromatic N) is 2. The summed E-state index contributed by atoms with van der Waals surface area (Å²) in [5, 5.41) is 19.8. The Hall–Kier alpha value is -2.23. The molecule has 0 aromatic heterocycles. The number of carbonyl (C=O) groups is 3. The summed E-state index contributed by atoms with van der Waals surface area (Å²) in [5.74, 6) is -3.99. The summed E-state index contributed by atoms with van der Waals surface area (Å²) < 4.78 is 6.27. The molecule has 3 aliphatic rings. The second kappa shape index (κ2) is 8.52. The van der Waals surface area contributed by atoms with E-state index in [4.69, 9.17) is 4.74 Å². The Morgan fingerprint density at radius 2 is 2.12 bits per heavy atom. The third-order valence-electron chi connectivity index (χ3n) is 7.22. The molecule has 9 heteroatoms. The van der Waals surface area contributed by atoms with Crippen LogP contribution < -0.4 is 4.90 Å². The Morgan fingerprint density at radius 3 is 2.73 bits per heavy atom. The fourth-order valence-electron chi connectivity index (χ4n) is 5.79. The second-order valence-corrected chi connectivity index (χ2v) is 10.5. The lowest BCUT2D eigenvalue weighted by Crippen LogP contribution is -2.58. The molecule has 1 aromatic rings. The van der Waals surface area contributed by atoms with Crippen LogP contribution >= 0.6 is 15.9 Å². The Kier molecular flexibility index (Phi) is 6.18. The van der Waals surface area contributed by atoms with Gasteiger partial charge < -0.3 is 24.7 Å². The monoisotopic (exact) mass is 520 g/mol.